The Balaban J connectivity index is 1.75. The van der Waals surface area contributed by atoms with Crippen molar-refractivity contribution in [2.45, 2.75) is 6.42 Å². The van der Waals surface area contributed by atoms with Gasteiger partial charge in [-0.05, 0) is 29.7 Å². The van der Waals surface area contributed by atoms with E-state index >= 15 is 0 Å². The fraction of sp³-hybridized carbons (Fsp3) is 0.0500. The van der Waals surface area contributed by atoms with Crippen molar-refractivity contribution in [2.75, 3.05) is 0 Å². The summed E-state index contributed by atoms with van der Waals surface area (Å²) in [5, 5.41) is 0. The number of hydrogen-bond donors (Lipinski definition) is 0. The zero-order valence-electron chi connectivity index (χ0n) is 12.0. The van der Waals surface area contributed by atoms with Gasteiger partial charge in [-0.25, -0.2) is 4.39 Å². The van der Waals surface area contributed by atoms with Gasteiger partial charge in [0.05, 0.1) is 0 Å². The highest BCUT2D eigenvalue weighted by molar-refractivity contribution is 6.08. The number of ketones is 1. The number of carbonyl (C=O) groups excluding carboxylic acids is 1. The first-order valence-corrected chi connectivity index (χ1v) is 7.15. The molecule has 0 bridgehead atoms. The van der Waals surface area contributed by atoms with Crippen LogP contribution in [-0.4, -0.2) is 5.78 Å². The van der Waals surface area contributed by atoms with Crippen LogP contribution in [0.2, 0.25) is 0 Å². The van der Waals surface area contributed by atoms with Gasteiger partial charge in [0.2, 0.25) is 0 Å². The summed E-state index contributed by atoms with van der Waals surface area (Å²) in [7, 11) is 0. The molecule has 0 aromatic heterocycles. The maximum Gasteiger partial charge on any atom is 0.193 e. The van der Waals surface area contributed by atoms with Crippen molar-refractivity contribution < 1.29 is 9.18 Å². The maximum absolute atomic E-state index is 12.9. The first kappa shape index (κ1) is 14.2. The first-order valence-electron chi connectivity index (χ1n) is 7.15. The van der Waals surface area contributed by atoms with Crippen LogP contribution in [0.5, 0.6) is 0 Å². The molecule has 0 aliphatic rings. The Kier molecular flexibility index (Phi) is 4.10. The molecule has 3 aromatic rings. The molecule has 108 valence electrons. The van der Waals surface area contributed by atoms with E-state index in [4.69, 9.17) is 0 Å². The van der Waals surface area contributed by atoms with E-state index in [9.17, 15) is 9.18 Å². The van der Waals surface area contributed by atoms with Crippen LogP contribution < -0.4 is 0 Å². The molecule has 3 rings (SSSR count). The predicted octanol–water partition coefficient (Wildman–Crippen LogP) is 4.65. The van der Waals surface area contributed by atoms with Gasteiger partial charge < -0.3 is 0 Å². The van der Waals surface area contributed by atoms with E-state index in [1.807, 2.05) is 54.6 Å². The highest BCUT2D eigenvalue weighted by atomic mass is 19.1. The van der Waals surface area contributed by atoms with Gasteiger partial charge in [0.15, 0.2) is 5.78 Å². The van der Waals surface area contributed by atoms with Gasteiger partial charge in [0, 0.05) is 11.1 Å². The molecule has 0 fully saturated rings. The SMILES string of the molecule is O=C(c1ccccc1)c1ccc(Cc2ccc(F)cc2)cc1. The summed E-state index contributed by atoms with van der Waals surface area (Å²) in [4.78, 5) is 12.3. The molecular formula is C20H15FO. The number of carbonyl (C=O) groups is 1. The van der Waals surface area contributed by atoms with E-state index in [0.29, 0.717) is 11.1 Å². The van der Waals surface area contributed by atoms with Crippen LogP contribution in [0.1, 0.15) is 27.0 Å². The summed E-state index contributed by atoms with van der Waals surface area (Å²) < 4.78 is 12.9. The standard InChI is InChI=1S/C20H15FO/c21-19-12-8-16(9-13-19)14-15-6-10-18(11-7-15)20(22)17-4-2-1-3-5-17/h1-13H,14H2. The third-order valence-corrected chi connectivity index (χ3v) is 3.57. The average Bonchev–Trinajstić information content (AvgIpc) is 2.58. The smallest absolute Gasteiger partial charge is 0.193 e. The summed E-state index contributed by atoms with van der Waals surface area (Å²) >= 11 is 0. The number of benzene rings is 3. The van der Waals surface area contributed by atoms with Crippen molar-refractivity contribution >= 4 is 5.78 Å². The minimum atomic E-state index is -0.229. The first-order chi connectivity index (χ1) is 10.7. The van der Waals surface area contributed by atoms with Gasteiger partial charge in [-0.15, -0.1) is 0 Å². The second-order valence-electron chi connectivity index (χ2n) is 5.20. The molecule has 22 heavy (non-hydrogen) atoms. The van der Waals surface area contributed by atoms with Gasteiger partial charge in [-0.1, -0.05) is 66.7 Å². The van der Waals surface area contributed by atoms with Crippen molar-refractivity contribution in [2.24, 2.45) is 0 Å². The summed E-state index contributed by atoms with van der Waals surface area (Å²) in [6, 6.07) is 23.3. The minimum Gasteiger partial charge on any atom is -0.289 e. The Morgan fingerprint density at radius 2 is 1.18 bits per heavy atom. The third-order valence-electron chi connectivity index (χ3n) is 3.57. The number of hydrogen-bond acceptors (Lipinski definition) is 1. The molecule has 3 aromatic carbocycles. The topological polar surface area (TPSA) is 17.1 Å². The fourth-order valence-electron chi connectivity index (χ4n) is 2.37. The third kappa shape index (κ3) is 3.29. The largest absolute Gasteiger partial charge is 0.289 e. The molecule has 0 atom stereocenters. The molecule has 0 amide bonds. The number of halogens is 1. The summed E-state index contributed by atoms with van der Waals surface area (Å²) in [5.74, 6) is -0.207. The van der Waals surface area contributed by atoms with E-state index in [1.165, 1.54) is 12.1 Å². The second-order valence-corrected chi connectivity index (χ2v) is 5.20. The second kappa shape index (κ2) is 6.35. The summed E-state index contributed by atoms with van der Waals surface area (Å²) in [6.07, 6.45) is 0.722. The molecule has 1 nitrogen and oxygen atoms in total. The Morgan fingerprint density at radius 1 is 0.682 bits per heavy atom. The van der Waals surface area contributed by atoms with Crippen molar-refractivity contribution in [3.63, 3.8) is 0 Å². The monoisotopic (exact) mass is 290 g/mol. The molecule has 0 aliphatic carbocycles. The van der Waals surface area contributed by atoms with Crippen LogP contribution in [0.15, 0.2) is 78.9 Å². The highest BCUT2D eigenvalue weighted by Crippen LogP contribution is 2.14. The van der Waals surface area contributed by atoms with Crippen molar-refractivity contribution in [3.8, 4) is 0 Å². The molecule has 0 aliphatic heterocycles. The van der Waals surface area contributed by atoms with Gasteiger partial charge in [0.1, 0.15) is 5.82 Å². The maximum atomic E-state index is 12.9. The van der Waals surface area contributed by atoms with Gasteiger partial charge in [-0.2, -0.15) is 0 Å². The van der Waals surface area contributed by atoms with Gasteiger partial charge >= 0.3 is 0 Å². The van der Waals surface area contributed by atoms with E-state index in [-0.39, 0.29) is 11.6 Å². The van der Waals surface area contributed by atoms with Gasteiger partial charge in [-0.3, -0.25) is 4.79 Å². The molecule has 0 spiro atoms. The Labute approximate surface area is 129 Å². The Hall–Kier alpha value is -2.74. The number of rotatable bonds is 4. The highest BCUT2D eigenvalue weighted by Gasteiger charge is 2.08. The Morgan fingerprint density at radius 3 is 1.77 bits per heavy atom. The lowest BCUT2D eigenvalue weighted by Crippen LogP contribution is -2.01. The van der Waals surface area contributed by atoms with E-state index in [0.717, 1.165) is 17.5 Å². The molecule has 0 heterocycles. The van der Waals surface area contributed by atoms with Crippen LogP contribution in [-0.2, 0) is 6.42 Å². The molecule has 0 radical (unpaired) electrons. The normalized spacial score (nSPS) is 10.4. The quantitative estimate of drug-likeness (QED) is 0.639. The van der Waals surface area contributed by atoms with Crippen molar-refractivity contribution in [1.29, 1.82) is 0 Å². The van der Waals surface area contributed by atoms with E-state index < -0.39 is 0 Å². The molecule has 0 saturated carbocycles. The Bertz CT molecular complexity index is 759. The molecule has 0 N–H and O–H groups in total. The minimum absolute atomic E-state index is 0.0222. The van der Waals surface area contributed by atoms with E-state index in [1.54, 1.807) is 12.1 Å². The zero-order chi connectivity index (χ0) is 15.4. The van der Waals surface area contributed by atoms with Crippen LogP contribution >= 0.6 is 0 Å². The van der Waals surface area contributed by atoms with Crippen LogP contribution in [0.25, 0.3) is 0 Å². The predicted molar refractivity (Wildman–Crippen MR) is 85.5 cm³/mol. The van der Waals surface area contributed by atoms with Gasteiger partial charge in [0.25, 0.3) is 0 Å². The average molecular weight is 290 g/mol. The van der Waals surface area contributed by atoms with E-state index in [2.05, 4.69) is 0 Å². The van der Waals surface area contributed by atoms with Crippen molar-refractivity contribution in [3.05, 3.63) is 107 Å². The lowest BCUT2D eigenvalue weighted by atomic mass is 9.99. The summed E-state index contributed by atoms with van der Waals surface area (Å²) in [5.41, 5.74) is 3.50. The lowest BCUT2D eigenvalue weighted by molar-refractivity contribution is 0.103. The molecule has 0 unspecified atom stereocenters. The zero-order valence-corrected chi connectivity index (χ0v) is 12.0. The van der Waals surface area contributed by atoms with Crippen molar-refractivity contribution in [1.82, 2.24) is 0 Å². The molecular weight excluding hydrogens is 275 g/mol. The molecule has 2 heteroatoms. The van der Waals surface area contributed by atoms with Crippen LogP contribution in [0, 0.1) is 5.82 Å². The van der Waals surface area contributed by atoms with Crippen LogP contribution in [0.4, 0.5) is 4.39 Å². The lowest BCUT2D eigenvalue weighted by Gasteiger charge is -2.05. The summed E-state index contributed by atoms with van der Waals surface area (Å²) in [6.45, 7) is 0. The van der Waals surface area contributed by atoms with Crippen LogP contribution in [0.3, 0.4) is 0 Å². The fourth-order valence-corrected chi connectivity index (χ4v) is 2.37. The molecule has 0 saturated heterocycles.